The first-order chi connectivity index (χ1) is 15.7. The first-order valence-corrected chi connectivity index (χ1v) is 10.6. The van der Waals surface area contributed by atoms with Gasteiger partial charge in [0.1, 0.15) is 6.61 Å². The number of methoxy groups -OCH3 is 3. The van der Waals surface area contributed by atoms with Crippen molar-refractivity contribution in [2.45, 2.75) is 20.0 Å². The summed E-state index contributed by atoms with van der Waals surface area (Å²) in [5, 5.41) is 0. The van der Waals surface area contributed by atoms with Crippen LogP contribution in [-0.2, 0) is 6.61 Å². The van der Waals surface area contributed by atoms with E-state index in [4.69, 9.17) is 23.7 Å². The normalized spacial score (nSPS) is 10.8. The maximum Gasteiger partial charge on any atom is 0.203 e. The third kappa shape index (κ3) is 5.97. The molecular formula is C27H30O5. The Labute approximate surface area is 190 Å². The van der Waals surface area contributed by atoms with E-state index in [1.165, 1.54) is 0 Å². The summed E-state index contributed by atoms with van der Waals surface area (Å²) in [5.74, 6) is 3.26. The average molecular weight is 435 g/mol. The van der Waals surface area contributed by atoms with E-state index in [-0.39, 0.29) is 0 Å². The standard InChI is InChI=1S/C27H30O5/c1-5-15-31-23-14-13-20(16-24(23)32-19-21-9-7-6-8-10-21)11-12-22-17-25(28-2)27(30-4)26(18-22)29-3/h6-14,16-18H,5,15,19H2,1-4H3. The first-order valence-electron chi connectivity index (χ1n) is 10.6. The molecule has 0 heterocycles. The molecule has 0 unspecified atom stereocenters. The van der Waals surface area contributed by atoms with Crippen LogP contribution < -0.4 is 23.7 Å². The molecule has 0 amide bonds. The van der Waals surface area contributed by atoms with E-state index in [9.17, 15) is 0 Å². The van der Waals surface area contributed by atoms with E-state index in [0.717, 1.165) is 28.9 Å². The summed E-state index contributed by atoms with van der Waals surface area (Å²) in [6, 6.07) is 19.8. The van der Waals surface area contributed by atoms with Crippen LogP contribution in [0.15, 0.2) is 60.7 Å². The quantitative estimate of drug-likeness (QED) is 0.334. The van der Waals surface area contributed by atoms with Crippen LogP contribution in [0.5, 0.6) is 28.7 Å². The molecule has 0 radical (unpaired) electrons. The smallest absolute Gasteiger partial charge is 0.203 e. The molecule has 0 aromatic heterocycles. The average Bonchev–Trinajstić information content (AvgIpc) is 2.85. The lowest BCUT2D eigenvalue weighted by atomic mass is 10.1. The highest BCUT2D eigenvalue weighted by atomic mass is 16.5. The summed E-state index contributed by atoms with van der Waals surface area (Å²) in [6.45, 7) is 3.20. The van der Waals surface area contributed by atoms with Crippen LogP contribution in [0, 0.1) is 0 Å². The van der Waals surface area contributed by atoms with Crippen molar-refractivity contribution in [2.75, 3.05) is 27.9 Å². The third-order valence-corrected chi connectivity index (χ3v) is 4.82. The van der Waals surface area contributed by atoms with Gasteiger partial charge in [0, 0.05) is 0 Å². The summed E-state index contributed by atoms with van der Waals surface area (Å²) < 4.78 is 28.3. The lowest BCUT2D eigenvalue weighted by molar-refractivity contribution is 0.262. The lowest BCUT2D eigenvalue weighted by Crippen LogP contribution is -2.01. The van der Waals surface area contributed by atoms with Crippen molar-refractivity contribution >= 4 is 12.2 Å². The Kier molecular flexibility index (Phi) is 8.44. The van der Waals surface area contributed by atoms with E-state index >= 15 is 0 Å². The molecule has 3 rings (SSSR count). The SMILES string of the molecule is CCCOc1ccc(C=Cc2cc(OC)c(OC)c(OC)c2)cc1OCc1ccccc1. The third-order valence-electron chi connectivity index (χ3n) is 4.82. The Morgan fingerprint density at radius 2 is 1.31 bits per heavy atom. The van der Waals surface area contributed by atoms with Crippen molar-refractivity contribution < 1.29 is 23.7 Å². The zero-order chi connectivity index (χ0) is 22.8. The zero-order valence-electron chi connectivity index (χ0n) is 19.1. The van der Waals surface area contributed by atoms with Crippen LogP contribution in [0.4, 0.5) is 0 Å². The van der Waals surface area contributed by atoms with Crippen molar-refractivity contribution in [3.05, 3.63) is 77.4 Å². The molecule has 0 spiro atoms. The van der Waals surface area contributed by atoms with Crippen molar-refractivity contribution in [2.24, 2.45) is 0 Å². The van der Waals surface area contributed by atoms with Gasteiger partial charge in [0.25, 0.3) is 0 Å². The first kappa shape index (κ1) is 23.1. The summed E-state index contributed by atoms with van der Waals surface area (Å²) in [6.07, 6.45) is 4.94. The van der Waals surface area contributed by atoms with Crippen molar-refractivity contribution in [1.29, 1.82) is 0 Å². The maximum absolute atomic E-state index is 6.10. The van der Waals surface area contributed by atoms with Crippen LogP contribution in [0.2, 0.25) is 0 Å². The van der Waals surface area contributed by atoms with E-state index in [0.29, 0.717) is 36.2 Å². The Morgan fingerprint density at radius 3 is 1.94 bits per heavy atom. The predicted molar refractivity (Wildman–Crippen MR) is 128 cm³/mol. The summed E-state index contributed by atoms with van der Waals surface area (Å²) in [7, 11) is 4.81. The number of rotatable bonds is 11. The fourth-order valence-corrected chi connectivity index (χ4v) is 3.20. The molecule has 3 aromatic carbocycles. The monoisotopic (exact) mass is 434 g/mol. The number of benzene rings is 3. The summed E-state index contributed by atoms with van der Waals surface area (Å²) in [4.78, 5) is 0. The fourth-order valence-electron chi connectivity index (χ4n) is 3.20. The van der Waals surface area contributed by atoms with Gasteiger partial charge in [-0.2, -0.15) is 0 Å². The number of hydrogen-bond donors (Lipinski definition) is 0. The van der Waals surface area contributed by atoms with Gasteiger partial charge >= 0.3 is 0 Å². The minimum absolute atomic E-state index is 0.476. The number of ether oxygens (including phenoxy) is 5. The van der Waals surface area contributed by atoms with E-state index < -0.39 is 0 Å². The van der Waals surface area contributed by atoms with E-state index in [1.807, 2.05) is 72.8 Å². The Balaban J connectivity index is 1.85. The van der Waals surface area contributed by atoms with Crippen LogP contribution in [0.1, 0.15) is 30.0 Å². The summed E-state index contributed by atoms with van der Waals surface area (Å²) >= 11 is 0. The van der Waals surface area contributed by atoms with Crippen LogP contribution in [0.3, 0.4) is 0 Å². The minimum atomic E-state index is 0.476. The molecule has 0 fully saturated rings. The zero-order valence-corrected chi connectivity index (χ0v) is 19.1. The highest BCUT2D eigenvalue weighted by Crippen LogP contribution is 2.38. The molecule has 0 saturated heterocycles. The highest BCUT2D eigenvalue weighted by molar-refractivity contribution is 5.73. The van der Waals surface area contributed by atoms with Crippen LogP contribution >= 0.6 is 0 Å². The van der Waals surface area contributed by atoms with Gasteiger partial charge in [-0.1, -0.05) is 55.5 Å². The van der Waals surface area contributed by atoms with Gasteiger partial charge in [0.2, 0.25) is 5.75 Å². The lowest BCUT2D eigenvalue weighted by Gasteiger charge is -2.14. The Morgan fingerprint density at radius 1 is 0.656 bits per heavy atom. The Bertz CT molecular complexity index is 1000. The second kappa shape index (κ2) is 11.7. The van der Waals surface area contributed by atoms with Gasteiger partial charge < -0.3 is 23.7 Å². The fraction of sp³-hybridized carbons (Fsp3) is 0.259. The van der Waals surface area contributed by atoms with E-state index in [2.05, 4.69) is 6.92 Å². The molecule has 0 atom stereocenters. The van der Waals surface area contributed by atoms with Gasteiger partial charge in [-0.3, -0.25) is 0 Å². The molecule has 32 heavy (non-hydrogen) atoms. The molecule has 0 N–H and O–H groups in total. The van der Waals surface area contributed by atoms with Crippen molar-refractivity contribution in [1.82, 2.24) is 0 Å². The van der Waals surface area contributed by atoms with Crippen LogP contribution in [0.25, 0.3) is 12.2 Å². The van der Waals surface area contributed by atoms with Gasteiger partial charge in [0.15, 0.2) is 23.0 Å². The molecule has 168 valence electrons. The molecule has 0 bridgehead atoms. The molecule has 0 aliphatic heterocycles. The molecule has 5 nitrogen and oxygen atoms in total. The molecule has 5 heteroatoms. The second-order valence-corrected chi connectivity index (χ2v) is 7.12. The number of hydrogen-bond acceptors (Lipinski definition) is 5. The van der Waals surface area contributed by atoms with Gasteiger partial charge in [-0.25, -0.2) is 0 Å². The molecule has 0 aliphatic rings. The topological polar surface area (TPSA) is 46.2 Å². The van der Waals surface area contributed by atoms with Crippen molar-refractivity contribution in [3.63, 3.8) is 0 Å². The molecule has 3 aromatic rings. The maximum atomic E-state index is 6.10. The van der Waals surface area contributed by atoms with Crippen LogP contribution in [-0.4, -0.2) is 27.9 Å². The van der Waals surface area contributed by atoms with Gasteiger partial charge in [-0.15, -0.1) is 0 Å². The molecular weight excluding hydrogens is 404 g/mol. The molecule has 0 saturated carbocycles. The minimum Gasteiger partial charge on any atom is -0.493 e. The predicted octanol–water partition coefficient (Wildman–Crippen LogP) is 6.25. The van der Waals surface area contributed by atoms with Gasteiger partial charge in [-0.05, 0) is 47.4 Å². The van der Waals surface area contributed by atoms with E-state index in [1.54, 1.807) is 21.3 Å². The highest BCUT2D eigenvalue weighted by Gasteiger charge is 2.12. The summed E-state index contributed by atoms with van der Waals surface area (Å²) in [5.41, 5.74) is 3.02. The van der Waals surface area contributed by atoms with Gasteiger partial charge in [0.05, 0.1) is 27.9 Å². The van der Waals surface area contributed by atoms with Crippen molar-refractivity contribution in [3.8, 4) is 28.7 Å². The Hall–Kier alpha value is -3.60. The molecule has 0 aliphatic carbocycles. The second-order valence-electron chi connectivity index (χ2n) is 7.12. The largest absolute Gasteiger partial charge is 0.493 e.